The molecule has 3 aromatic rings. The highest BCUT2D eigenvalue weighted by Gasteiger charge is 2.30. The van der Waals surface area contributed by atoms with Gasteiger partial charge in [0.1, 0.15) is 6.04 Å². The van der Waals surface area contributed by atoms with Crippen LogP contribution >= 0.6 is 23.4 Å². The quantitative estimate of drug-likeness (QED) is 0.231. The molecule has 35 heavy (non-hydrogen) atoms. The smallest absolute Gasteiger partial charge is 0.243 e. The average Bonchev–Trinajstić information content (AvgIpc) is 2.87. The second kappa shape index (κ2) is 14.0. The molecule has 3 aromatic carbocycles. The SMILES string of the molecule is CCCCNC(=O)[C@H](Cc1ccccc1)N(Cc1ccccc1C)C(=O)CSc1ccc(Cl)cc1. The van der Waals surface area contributed by atoms with Crippen molar-refractivity contribution in [2.75, 3.05) is 12.3 Å². The van der Waals surface area contributed by atoms with Gasteiger partial charge in [-0.1, -0.05) is 79.5 Å². The molecule has 184 valence electrons. The third-order valence-corrected chi connectivity index (χ3v) is 7.13. The fourth-order valence-corrected chi connectivity index (χ4v) is 4.70. The number of thioether (sulfide) groups is 1. The average molecular weight is 509 g/mol. The van der Waals surface area contributed by atoms with Crippen LogP contribution in [0.5, 0.6) is 0 Å². The minimum Gasteiger partial charge on any atom is -0.354 e. The molecule has 0 aliphatic rings. The van der Waals surface area contributed by atoms with Gasteiger partial charge in [-0.3, -0.25) is 9.59 Å². The summed E-state index contributed by atoms with van der Waals surface area (Å²) < 4.78 is 0. The van der Waals surface area contributed by atoms with Crippen molar-refractivity contribution in [2.24, 2.45) is 0 Å². The second-order valence-electron chi connectivity index (χ2n) is 8.54. The van der Waals surface area contributed by atoms with Crippen molar-refractivity contribution in [1.29, 1.82) is 0 Å². The van der Waals surface area contributed by atoms with E-state index in [1.54, 1.807) is 4.90 Å². The molecule has 0 radical (unpaired) electrons. The van der Waals surface area contributed by atoms with Crippen LogP contribution in [0.25, 0.3) is 0 Å². The molecule has 0 aliphatic heterocycles. The van der Waals surface area contributed by atoms with E-state index in [4.69, 9.17) is 11.6 Å². The molecule has 2 amide bonds. The van der Waals surface area contributed by atoms with Gasteiger partial charge < -0.3 is 10.2 Å². The van der Waals surface area contributed by atoms with Gasteiger partial charge in [0, 0.05) is 29.4 Å². The van der Waals surface area contributed by atoms with Gasteiger partial charge in [-0.05, 0) is 54.3 Å². The molecule has 0 saturated heterocycles. The van der Waals surface area contributed by atoms with E-state index in [0.29, 0.717) is 24.5 Å². The van der Waals surface area contributed by atoms with Crippen LogP contribution in [0.4, 0.5) is 0 Å². The molecule has 0 bridgehead atoms. The molecular formula is C29H33ClN2O2S. The van der Waals surface area contributed by atoms with Crippen molar-refractivity contribution >= 4 is 35.2 Å². The molecule has 0 aliphatic carbocycles. The minimum atomic E-state index is -0.604. The van der Waals surface area contributed by atoms with Crippen LogP contribution in [-0.2, 0) is 22.6 Å². The van der Waals surface area contributed by atoms with Crippen molar-refractivity contribution in [1.82, 2.24) is 10.2 Å². The van der Waals surface area contributed by atoms with E-state index >= 15 is 0 Å². The number of carbonyl (C=O) groups is 2. The number of hydrogen-bond donors (Lipinski definition) is 1. The number of benzene rings is 3. The van der Waals surface area contributed by atoms with E-state index in [0.717, 1.165) is 34.4 Å². The maximum absolute atomic E-state index is 13.7. The summed E-state index contributed by atoms with van der Waals surface area (Å²) in [7, 11) is 0. The zero-order chi connectivity index (χ0) is 25.0. The van der Waals surface area contributed by atoms with Crippen LogP contribution in [0.3, 0.4) is 0 Å². The zero-order valence-electron chi connectivity index (χ0n) is 20.4. The van der Waals surface area contributed by atoms with Crippen molar-refractivity contribution in [2.45, 2.75) is 50.6 Å². The van der Waals surface area contributed by atoms with Crippen LogP contribution in [0.15, 0.2) is 83.8 Å². The van der Waals surface area contributed by atoms with Gasteiger partial charge in [0.05, 0.1) is 5.75 Å². The van der Waals surface area contributed by atoms with E-state index in [1.807, 2.05) is 85.8 Å². The van der Waals surface area contributed by atoms with Gasteiger partial charge in [-0.15, -0.1) is 11.8 Å². The Hall–Kier alpha value is -2.76. The number of carbonyl (C=O) groups excluding carboxylic acids is 2. The summed E-state index contributed by atoms with van der Waals surface area (Å²) in [4.78, 5) is 29.8. The third kappa shape index (κ3) is 8.44. The van der Waals surface area contributed by atoms with Gasteiger partial charge in [0.2, 0.25) is 11.8 Å². The van der Waals surface area contributed by atoms with Crippen molar-refractivity contribution < 1.29 is 9.59 Å². The minimum absolute atomic E-state index is 0.0697. The molecule has 0 aromatic heterocycles. The predicted octanol–water partition coefficient (Wildman–Crippen LogP) is 6.30. The summed E-state index contributed by atoms with van der Waals surface area (Å²) in [6.45, 7) is 5.11. The predicted molar refractivity (Wildman–Crippen MR) is 146 cm³/mol. The number of halogens is 1. The Balaban J connectivity index is 1.88. The Morgan fingerprint density at radius 3 is 2.34 bits per heavy atom. The van der Waals surface area contributed by atoms with E-state index < -0.39 is 6.04 Å². The van der Waals surface area contributed by atoms with Gasteiger partial charge in [-0.25, -0.2) is 0 Å². The first kappa shape index (κ1) is 26.8. The molecule has 0 heterocycles. The molecule has 0 saturated carbocycles. The highest BCUT2D eigenvalue weighted by Crippen LogP contribution is 2.23. The number of hydrogen-bond acceptors (Lipinski definition) is 3. The Bertz CT molecular complexity index is 1090. The van der Waals surface area contributed by atoms with Gasteiger partial charge in [0.15, 0.2) is 0 Å². The maximum atomic E-state index is 13.7. The topological polar surface area (TPSA) is 49.4 Å². The summed E-state index contributed by atoms with van der Waals surface area (Å²) in [6, 6.07) is 24.8. The number of unbranched alkanes of at least 4 members (excludes halogenated alkanes) is 1. The number of nitrogens with zero attached hydrogens (tertiary/aromatic N) is 1. The Morgan fingerprint density at radius 2 is 1.66 bits per heavy atom. The first-order valence-corrected chi connectivity index (χ1v) is 13.4. The zero-order valence-corrected chi connectivity index (χ0v) is 21.9. The standard InChI is InChI=1S/C29H33ClN2O2S/c1-3-4-18-31-29(34)27(19-23-11-6-5-7-12-23)32(20-24-13-9-8-10-22(24)2)28(33)21-35-26-16-14-25(30)15-17-26/h5-17,27H,3-4,18-21H2,1-2H3,(H,31,34)/t27-/m0/s1. The first-order valence-electron chi connectivity index (χ1n) is 12.0. The van der Waals surface area contributed by atoms with Crippen LogP contribution in [-0.4, -0.2) is 35.1 Å². The van der Waals surface area contributed by atoms with Crippen LogP contribution in [0.1, 0.15) is 36.5 Å². The lowest BCUT2D eigenvalue weighted by Gasteiger charge is -2.32. The fourth-order valence-electron chi connectivity index (χ4n) is 3.79. The van der Waals surface area contributed by atoms with Gasteiger partial charge in [0.25, 0.3) is 0 Å². The lowest BCUT2D eigenvalue weighted by atomic mass is 10.0. The number of rotatable bonds is 12. The molecule has 0 spiro atoms. The van der Waals surface area contributed by atoms with E-state index in [1.165, 1.54) is 11.8 Å². The van der Waals surface area contributed by atoms with E-state index in [9.17, 15) is 9.59 Å². The molecule has 1 N–H and O–H groups in total. The first-order chi connectivity index (χ1) is 17.0. The molecule has 0 fully saturated rings. The number of aryl methyl sites for hydroxylation is 1. The summed E-state index contributed by atoms with van der Waals surface area (Å²) >= 11 is 7.46. The lowest BCUT2D eigenvalue weighted by molar-refractivity contribution is -0.139. The van der Waals surface area contributed by atoms with Crippen molar-refractivity contribution in [3.63, 3.8) is 0 Å². The fraction of sp³-hybridized carbons (Fsp3) is 0.310. The highest BCUT2D eigenvalue weighted by atomic mass is 35.5. The molecule has 0 unspecified atom stereocenters. The Kier molecular flexibility index (Phi) is 10.7. The van der Waals surface area contributed by atoms with Crippen LogP contribution < -0.4 is 5.32 Å². The second-order valence-corrected chi connectivity index (χ2v) is 10.0. The van der Waals surface area contributed by atoms with E-state index in [-0.39, 0.29) is 17.6 Å². The van der Waals surface area contributed by atoms with Crippen molar-refractivity contribution in [3.8, 4) is 0 Å². The third-order valence-electron chi connectivity index (χ3n) is 5.88. The summed E-state index contributed by atoms with van der Waals surface area (Å²) in [5, 5.41) is 3.73. The molecule has 6 heteroatoms. The molecular weight excluding hydrogens is 476 g/mol. The van der Waals surface area contributed by atoms with Crippen LogP contribution in [0, 0.1) is 6.92 Å². The summed E-state index contributed by atoms with van der Waals surface area (Å²) in [5.41, 5.74) is 3.16. The van der Waals surface area contributed by atoms with E-state index in [2.05, 4.69) is 12.2 Å². The Labute approximate surface area is 218 Å². The van der Waals surface area contributed by atoms with Gasteiger partial charge in [-0.2, -0.15) is 0 Å². The largest absolute Gasteiger partial charge is 0.354 e. The van der Waals surface area contributed by atoms with Crippen molar-refractivity contribution in [3.05, 3.63) is 101 Å². The Morgan fingerprint density at radius 1 is 0.971 bits per heavy atom. The lowest BCUT2D eigenvalue weighted by Crippen LogP contribution is -2.51. The highest BCUT2D eigenvalue weighted by molar-refractivity contribution is 8.00. The number of amides is 2. The molecule has 4 nitrogen and oxygen atoms in total. The molecule has 1 atom stereocenters. The van der Waals surface area contributed by atoms with Gasteiger partial charge >= 0.3 is 0 Å². The monoisotopic (exact) mass is 508 g/mol. The number of nitrogens with one attached hydrogen (secondary N) is 1. The summed E-state index contributed by atoms with van der Waals surface area (Å²) in [5.74, 6) is 0.0571. The summed E-state index contributed by atoms with van der Waals surface area (Å²) in [6.07, 6.45) is 2.36. The normalized spacial score (nSPS) is 11.6. The molecule has 3 rings (SSSR count). The maximum Gasteiger partial charge on any atom is 0.243 e. The van der Waals surface area contributed by atoms with Crippen LogP contribution in [0.2, 0.25) is 5.02 Å².